The molecule has 14 heavy (non-hydrogen) atoms. The Hall–Kier alpha value is -0.0200. The van der Waals surface area contributed by atoms with Crippen LogP contribution in [0.3, 0.4) is 0 Å². The van der Waals surface area contributed by atoms with Gasteiger partial charge in [-0.3, -0.25) is 0 Å². The first kappa shape index (κ1) is 12.1. The van der Waals surface area contributed by atoms with E-state index in [-0.39, 0.29) is 6.04 Å². The first-order valence-electron chi connectivity index (χ1n) is 4.35. The number of thiophene rings is 1. The number of rotatable bonds is 4. The fourth-order valence-electron chi connectivity index (χ4n) is 1.16. The fraction of sp³-hybridized carbons (Fsp3) is 0.400. The number of halogens is 2. The van der Waals surface area contributed by atoms with Crippen molar-refractivity contribution >= 4 is 34.5 Å². The van der Waals surface area contributed by atoms with Gasteiger partial charge in [-0.2, -0.15) is 0 Å². The van der Waals surface area contributed by atoms with Gasteiger partial charge in [-0.25, -0.2) is 0 Å². The summed E-state index contributed by atoms with van der Waals surface area (Å²) in [5, 5.41) is 0. The zero-order valence-electron chi connectivity index (χ0n) is 8.02. The second kappa shape index (κ2) is 5.17. The number of hydrogen-bond donors (Lipinski definition) is 1. The second-order valence-corrected chi connectivity index (χ2v) is 5.67. The highest BCUT2D eigenvalue weighted by atomic mass is 35.5. The minimum Gasteiger partial charge on any atom is -0.324 e. The molecular formula is C10H13Cl2NS. The van der Waals surface area contributed by atoms with Crippen LogP contribution in [0.5, 0.6) is 0 Å². The number of hydrogen-bond acceptors (Lipinski definition) is 2. The largest absolute Gasteiger partial charge is 0.324 e. The molecule has 1 unspecified atom stereocenters. The predicted molar refractivity (Wildman–Crippen MR) is 65.3 cm³/mol. The summed E-state index contributed by atoms with van der Waals surface area (Å²) in [6, 6.07) is 1.81. The second-order valence-electron chi connectivity index (χ2n) is 3.38. The van der Waals surface area contributed by atoms with Crippen LogP contribution in [0, 0.1) is 0 Å². The Balaban J connectivity index is 2.64. The Morgan fingerprint density at radius 3 is 2.71 bits per heavy atom. The highest BCUT2D eigenvalue weighted by molar-refractivity contribution is 7.20. The molecular weight excluding hydrogens is 237 g/mol. The standard InChI is InChI=1S/C10H13Cl2NS/c1-6(2)3-4-8(13)7-5-9(11)14-10(7)12/h5,8H,1,3-4,13H2,2H3. The maximum Gasteiger partial charge on any atom is 0.0991 e. The van der Waals surface area contributed by atoms with Gasteiger partial charge >= 0.3 is 0 Å². The van der Waals surface area contributed by atoms with Gasteiger partial charge in [0, 0.05) is 6.04 Å². The molecule has 0 amide bonds. The lowest BCUT2D eigenvalue weighted by molar-refractivity contribution is 0.651. The van der Waals surface area contributed by atoms with E-state index in [9.17, 15) is 0 Å². The van der Waals surface area contributed by atoms with Gasteiger partial charge in [0.25, 0.3) is 0 Å². The van der Waals surface area contributed by atoms with Crippen LogP contribution in [0.2, 0.25) is 8.67 Å². The van der Waals surface area contributed by atoms with Crippen LogP contribution in [0.25, 0.3) is 0 Å². The van der Waals surface area contributed by atoms with Gasteiger partial charge in [0.2, 0.25) is 0 Å². The molecule has 4 heteroatoms. The molecule has 1 aromatic heterocycles. The van der Waals surface area contributed by atoms with Crippen molar-refractivity contribution in [3.8, 4) is 0 Å². The minimum absolute atomic E-state index is 0.0389. The van der Waals surface area contributed by atoms with E-state index in [1.54, 1.807) is 0 Å². The number of allylic oxidation sites excluding steroid dienone is 1. The number of nitrogens with two attached hydrogens (primary N) is 1. The molecule has 0 aliphatic heterocycles. The highest BCUT2D eigenvalue weighted by Crippen LogP contribution is 2.35. The topological polar surface area (TPSA) is 26.0 Å². The van der Waals surface area contributed by atoms with Crippen LogP contribution in [0.4, 0.5) is 0 Å². The van der Waals surface area contributed by atoms with E-state index in [4.69, 9.17) is 28.9 Å². The molecule has 0 fully saturated rings. The minimum atomic E-state index is -0.0389. The van der Waals surface area contributed by atoms with E-state index in [2.05, 4.69) is 6.58 Å². The Kier molecular flexibility index (Phi) is 4.45. The molecule has 0 spiro atoms. The van der Waals surface area contributed by atoms with Crippen LogP contribution in [0.15, 0.2) is 18.2 Å². The third-order valence-electron chi connectivity index (χ3n) is 1.96. The quantitative estimate of drug-likeness (QED) is 0.787. The summed E-state index contributed by atoms with van der Waals surface area (Å²) in [6.07, 6.45) is 1.78. The van der Waals surface area contributed by atoms with Crippen LogP contribution in [0.1, 0.15) is 31.4 Å². The SMILES string of the molecule is C=C(C)CCC(N)c1cc(Cl)sc1Cl. The van der Waals surface area contributed by atoms with E-state index in [1.807, 2.05) is 13.0 Å². The molecule has 2 N–H and O–H groups in total. The summed E-state index contributed by atoms with van der Waals surface area (Å²) in [7, 11) is 0. The van der Waals surface area contributed by atoms with Crippen molar-refractivity contribution in [3.05, 3.63) is 32.5 Å². The zero-order valence-corrected chi connectivity index (χ0v) is 10.3. The third-order valence-corrected chi connectivity index (χ3v) is 3.48. The lowest BCUT2D eigenvalue weighted by Gasteiger charge is -2.10. The van der Waals surface area contributed by atoms with Crippen LogP contribution in [-0.2, 0) is 0 Å². The van der Waals surface area contributed by atoms with Crippen molar-refractivity contribution in [1.29, 1.82) is 0 Å². The van der Waals surface area contributed by atoms with Crippen molar-refractivity contribution < 1.29 is 0 Å². The molecule has 1 nitrogen and oxygen atoms in total. The van der Waals surface area contributed by atoms with Gasteiger partial charge < -0.3 is 5.73 Å². The molecule has 0 aromatic carbocycles. The maximum atomic E-state index is 5.99. The molecule has 0 radical (unpaired) electrons. The molecule has 0 saturated carbocycles. The molecule has 1 atom stereocenters. The molecule has 1 rings (SSSR count). The maximum absolute atomic E-state index is 5.99. The summed E-state index contributed by atoms with van der Waals surface area (Å²) >= 11 is 13.2. The Morgan fingerprint density at radius 1 is 1.64 bits per heavy atom. The monoisotopic (exact) mass is 249 g/mol. The molecule has 78 valence electrons. The first-order chi connectivity index (χ1) is 6.50. The van der Waals surface area contributed by atoms with E-state index < -0.39 is 0 Å². The van der Waals surface area contributed by atoms with Gasteiger partial charge in [-0.1, -0.05) is 28.8 Å². The fourth-order valence-corrected chi connectivity index (χ4v) is 2.76. The van der Waals surface area contributed by atoms with Crippen molar-refractivity contribution in [1.82, 2.24) is 0 Å². The molecule has 1 aromatic rings. The lowest BCUT2D eigenvalue weighted by atomic mass is 10.0. The van der Waals surface area contributed by atoms with E-state index in [1.165, 1.54) is 11.3 Å². The van der Waals surface area contributed by atoms with Crippen molar-refractivity contribution in [2.24, 2.45) is 5.73 Å². The molecule has 0 bridgehead atoms. The summed E-state index contributed by atoms with van der Waals surface area (Å²) in [4.78, 5) is 0. The van der Waals surface area contributed by atoms with Crippen LogP contribution >= 0.6 is 34.5 Å². The first-order valence-corrected chi connectivity index (χ1v) is 5.92. The van der Waals surface area contributed by atoms with Gasteiger partial charge in [-0.15, -0.1) is 17.9 Å². The van der Waals surface area contributed by atoms with E-state index in [0.717, 1.165) is 24.0 Å². The summed E-state index contributed by atoms with van der Waals surface area (Å²) in [5.41, 5.74) is 8.06. The zero-order chi connectivity index (χ0) is 10.7. The Morgan fingerprint density at radius 2 is 2.29 bits per heavy atom. The average Bonchev–Trinajstić information content (AvgIpc) is 2.41. The summed E-state index contributed by atoms with van der Waals surface area (Å²) < 4.78 is 1.39. The normalized spacial score (nSPS) is 12.9. The van der Waals surface area contributed by atoms with E-state index >= 15 is 0 Å². The van der Waals surface area contributed by atoms with Crippen molar-refractivity contribution in [3.63, 3.8) is 0 Å². The van der Waals surface area contributed by atoms with Crippen LogP contribution in [-0.4, -0.2) is 0 Å². The Bertz CT molecular complexity index is 333. The average molecular weight is 250 g/mol. The third kappa shape index (κ3) is 3.28. The van der Waals surface area contributed by atoms with Crippen molar-refractivity contribution in [2.75, 3.05) is 0 Å². The predicted octanol–water partition coefficient (Wildman–Crippen LogP) is 4.41. The van der Waals surface area contributed by atoms with Crippen LogP contribution < -0.4 is 5.73 Å². The summed E-state index contributed by atoms with van der Waals surface area (Å²) in [5.74, 6) is 0. The molecule has 0 saturated heterocycles. The lowest BCUT2D eigenvalue weighted by Crippen LogP contribution is -2.09. The smallest absolute Gasteiger partial charge is 0.0991 e. The molecule has 0 aliphatic carbocycles. The van der Waals surface area contributed by atoms with E-state index in [0.29, 0.717) is 8.67 Å². The summed E-state index contributed by atoms with van der Waals surface area (Å²) in [6.45, 7) is 5.83. The molecule has 0 aliphatic rings. The highest BCUT2D eigenvalue weighted by Gasteiger charge is 2.13. The Labute approximate surface area is 98.5 Å². The van der Waals surface area contributed by atoms with Crippen molar-refractivity contribution in [2.45, 2.75) is 25.8 Å². The van der Waals surface area contributed by atoms with Gasteiger partial charge in [0.05, 0.1) is 8.67 Å². The van der Waals surface area contributed by atoms with Gasteiger partial charge in [-0.05, 0) is 31.4 Å². The molecule has 1 heterocycles. The van der Waals surface area contributed by atoms with Gasteiger partial charge in [0.15, 0.2) is 0 Å². The van der Waals surface area contributed by atoms with Gasteiger partial charge in [0.1, 0.15) is 0 Å².